The van der Waals surface area contributed by atoms with Gasteiger partial charge < -0.3 is 10.2 Å². The van der Waals surface area contributed by atoms with Crippen LogP contribution < -0.4 is 5.43 Å². The highest BCUT2D eigenvalue weighted by Crippen LogP contribution is 2.29. The van der Waals surface area contributed by atoms with Gasteiger partial charge in [0, 0.05) is 20.2 Å². The van der Waals surface area contributed by atoms with Gasteiger partial charge in [0.1, 0.15) is 0 Å². The summed E-state index contributed by atoms with van der Waals surface area (Å²) in [6.07, 6.45) is -0.502. The summed E-state index contributed by atoms with van der Waals surface area (Å²) < 4.78 is 1.38. The van der Waals surface area contributed by atoms with Crippen molar-refractivity contribution >= 4 is 43.4 Å². The molecule has 0 spiro atoms. The molecule has 0 bridgehead atoms. The van der Waals surface area contributed by atoms with Gasteiger partial charge in [-0.2, -0.15) is 0 Å². The van der Waals surface area contributed by atoms with E-state index < -0.39 is 11.9 Å². The molecule has 2 N–H and O–H groups in total. The maximum atomic E-state index is 12.7. The highest BCUT2D eigenvalue weighted by Gasteiger charge is 2.14. The van der Waals surface area contributed by atoms with Crippen molar-refractivity contribution < 1.29 is 19.8 Å². The first-order chi connectivity index (χ1) is 11.0. The van der Waals surface area contributed by atoms with E-state index in [-0.39, 0.29) is 18.3 Å². The number of carbonyl (C=O) groups is 2. The molecule has 1 heterocycles. The average molecular weight is 328 g/mol. The van der Waals surface area contributed by atoms with Crippen molar-refractivity contribution in [3.8, 4) is 0 Å². The van der Waals surface area contributed by atoms with Crippen LogP contribution in [0.2, 0.25) is 0 Å². The molecule has 0 amide bonds. The maximum absolute atomic E-state index is 12.7. The van der Waals surface area contributed by atoms with Gasteiger partial charge in [-0.3, -0.25) is 14.4 Å². The Morgan fingerprint density at radius 2 is 1.65 bits per heavy atom. The molecule has 0 aliphatic rings. The van der Waals surface area contributed by atoms with Crippen LogP contribution in [-0.2, 0) is 22.4 Å². The van der Waals surface area contributed by atoms with Crippen molar-refractivity contribution in [2.75, 3.05) is 0 Å². The Morgan fingerprint density at radius 1 is 0.957 bits per heavy atom. The van der Waals surface area contributed by atoms with Gasteiger partial charge in [-0.1, -0.05) is 18.2 Å². The Morgan fingerprint density at radius 3 is 2.35 bits per heavy atom. The number of carboxylic acids is 2. The Labute approximate surface area is 134 Å². The van der Waals surface area contributed by atoms with Crippen LogP contribution in [0.4, 0.5) is 0 Å². The van der Waals surface area contributed by atoms with Crippen LogP contribution in [0.25, 0.3) is 20.2 Å². The largest absolute Gasteiger partial charge is 0.481 e. The molecule has 0 atom stereocenters. The quantitative estimate of drug-likeness (QED) is 0.718. The van der Waals surface area contributed by atoms with Crippen molar-refractivity contribution in [1.29, 1.82) is 0 Å². The normalized spacial score (nSPS) is 11.0. The summed E-state index contributed by atoms with van der Waals surface area (Å²) in [5.74, 6) is -2.05. The molecule has 23 heavy (non-hydrogen) atoms. The van der Waals surface area contributed by atoms with Gasteiger partial charge in [-0.25, -0.2) is 0 Å². The highest BCUT2D eigenvalue weighted by atomic mass is 32.1. The second-order valence-electron chi connectivity index (χ2n) is 5.20. The molecule has 116 valence electrons. The molecule has 3 rings (SSSR count). The van der Waals surface area contributed by atoms with E-state index in [1.165, 1.54) is 11.3 Å². The Kier molecular flexibility index (Phi) is 3.83. The smallest absolute Gasteiger partial charge is 0.307 e. The molecule has 0 aliphatic carbocycles. The number of hydrogen-bond acceptors (Lipinski definition) is 4. The third-order valence-electron chi connectivity index (χ3n) is 3.51. The third-order valence-corrected chi connectivity index (χ3v) is 4.77. The van der Waals surface area contributed by atoms with Crippen LogP contribution in [-0.4, -0.2) is 22.2 Å². The minimum Gasteiger partial charge on any atom is -0.481 e. The number of aliphatic carboxylic acids is 2. The lowest BCUT2D eigenvalue weighted by Crippen LogP contribution is -2.08. The lowest BCUT2D eigenvalue weighted by molar-refractivity contribution is -0.137. The Bertz CT molecular complexity index is 1000. The predicted octanol–water partition coefficient (Wildman–Crippen LogP) is 2.67. The molecular formula is C17H12O5S. The number of fused-ring (bicyclic) bond motifs is 2. The van der Waals surface area contributed by atoms with Crippen LogP contribution in [0.3, 0.4) is 0 Å². The standard InChI is InChI=1S/C17H12O5S/c18-14(19)7-9-5-10(8-15(20)21)17-12(6-9)16(22)11-3-1-2-4-13(11)23-17/h1-6H,7-8H2,(H,18,19)(H,20,21). The van der Waals surface area contributed by atoms with E-state index in [0.29, 0.717) is 26.6 Å². The second kappa shape index (κ2) is 5.81. The molecule has 0 radical (unpaired) electrons. The summed E-state index contributed by atoms with van der Waals surface area (Å²) >= 11 is 1.35. The van der Waals surface area contributed by atoms with Gasteiger partial charge in [0.05, 0.1) is 12.8 Å². The highest BCUT2D eigenvalue weighted by molar-refractivity contribution is 7.24. The van der Waals surface area contributed by atoms with E-state index >= 15 is 0 Å². The summed E-state index contributed by atoms with van der Waals surface area (Å²) in [5.41, 5.74) is 0.702. The van der Waals surface area contributed by atoms with E-state index in [9.17, 15) is 14.4 Å². The fraction of sp³-hybridized carbons (Fsp3) is 0.118. The summed E-state index contributed by atoms with van der Waals surface area (Å²) in [5, 5.41) is 19.0. The molecule has 5 nitrogen and oxygen atoms in total. The average Bonchev–Trinajstić information content (AvgIpc) is 2.47. The third kappa shape index (κ3) is 2.93. The van der Waals surface area contributed by atoms with E-state index in [2.05, 4.69) is 0 Å². The zero-order valence-corrected chi connectivity index (χ0v) is 12.7. The fourth-order valence-corrected chi connectivity index (χ4v) is 3.77. The molecular weight excluding hydrogens is 316 g/mol. The second-order valence-corrected chi connectivity index (χ2v) is 6.25. The maximum Gasteiger partial charge on any atom is 0.307 e. The van der Waals surface area contributed by atoms with Crippen LogP contribution >= 0.6 is 11.3 Å². The van der Waals surface area contributed by atoms with Crippen molar-refractivity contribution in [3.63, 3.8) is 0 Å². The number of hydrogen-bond donors (Lipinski definition) is 2. The molecule has 3 aromatic rings. The molecule has 6 heteroatoms. The monoisotopic (exact) mass is 328 g/mol. The van der Waals surface area contributed by atoms with Crippen LogP contribution in [0, 0.1) is 0 Å². The van der Waals surface area contributed by atoms with Crippen molar-refractivity contribution in [1.82, 2.24) is 0 Å². The van der Waals surface area contributed by atoms with Crippen molar-refractivity contribution in [3.05, 3.63) is 57.7 Å². The molecule has 0 fully saturated rings. The fourth-order valence-electron chi connectivity index (χ4n) is 2.61. The van der Waals surface area contributed by atoms with Gasteiger partial charge in [-0.15, -0.1) is 11.3 Å². The lowest BCUT2D eigenvalue weighted by Gasteiger charge is -2.08. The SMILES string of the molecule is O=C(O)Cc1cc(CC(=O)O)c2sc3ccccc3c(=O)c2c1. The molecule has 2 aromatic carbocycles. The number of carboxylic acid groups (broad SMARTS) is 2. The minimum absolute atomic E-state index is 0.201. The first-order valence-electron chi connectivity index (χ1n) is 6.86. The minimum atomic E-state index is -1.03. The molecule has 0 saturated heterocycles. The Hall–Kier alpha value is -2.73. The van der Waals surface area contributed by atoms with Gasteiger partial charge in [0.15, 0.2) is 5.43 Å². The zero-order chi connectivity index (χ0) is 16.6. The first kappa shape index (κ1) is 15.2. The topological polar surface area (TPSA) is 91.7 Å². The summed E-state index contributed by atoms with van der Waals surface area (Å²) in [4.78, 5) is 34.7. The van der Waals surface area contributed by atoms with E-state index in [1.54, 1.807) is 24.3 Å². The zero-order valence-electron chi connectivity index (χ0n) is 11.9. The first-order valence-corrected chi connectivity index (χ1v) is 7.68. The summed E-state index contributed by atoms with van der Waals surface area (Å²) in [6, 6.07) is 10.2. The van der Waals surface area contributed by atoms with E-state index in [1.807, 2.05) is 12.1 Å². The van der Waals surface area contributed by atoms with Crippen LogP contribution in [0.5, 0.6) is 0 Å². The van der Waals surface area contributed by atoms with Gasteiger partial charge >= 0.3 is 11.9 Å². The number of benzene rings is 2. The van der Waals surface area contributed by atoms with Gasteiger partial charge in [0.25, 0.3) is 0 Å². The summed E-state index contributed by atoms with van der Waals surface area (Å²) in [6.45, 7) is 0. The van der Waals surface area contributed by atoms with Crippen molar-refractivity contribution in [2.24, 2.45) is 0 Å². The van der Waals surface area contributed by atoms with E-state index in [0.717, 1.165) is 4.70 Å². The van der Waals surface area contributed by atoms with Crippen LogP contribution in [0.15, 0.2) is 41.2 Å². The predicted molar refractivity (Wildman–Crippen MR) is 88.3 cm³/mol. The molecule has 0 unspecified atom stereocenters. The van der Waals surface area contributed by atoms with Crippen LogP contribution in [0.1, 0.15) is 11.1 Å². The van der Waals surface area contributed by atoms with E-state index in [4.69, 9.17) is 10.2 Å². The molecule has 0 aliphatic heterocycles. The lowest BCUT2D eigenvalue weighted by atomic mass is 10.0. The number of rotatable bonds is 4. The Balaban J connectivity index is 2.39. The summed E-state index contributed by atoms with van der Waals surface area (Å²) in [7, 11) is 0. The molecule has 1 aromatic heterocycles. The molecule has 0 saturated carbocycles. The van der Waals surface area contributed by atoms with Crippen molar-refractivity contribution in [2.45, 2.75) is 12.8 Å². The van der Waals surface area contributed by atoms with Gasteiger partial charge in [-0.05, 0) is 29.3 Å². The van der Waals surface area contributed by atoms with Gasteiger partial charge in [0.2, 0.25) is 0 Å².